The highest BCUT2D eigenvalue weighted by molar-refractivity contribution is 9.10. The fourth-order valence-corrected chi connectivity index (χ4v) is 2.28. The van der Waals surface area contributed by atoms with E-state index in [-0.39, 0.29) is 0 Å². The molecule has 0 bridgehead atoms. The van der Waals surface area contributed by atoms with Gasteiger partial charge in [-0.05, 0) is 42.3 Å². The quantitative estimate of drug-likeness (QED) is 0.891. The molecule has 2 aromatic carbocycles. The number of benzene rings is 2. The van der Waals surface area contributed by atoms with Crippen LogP contribution in [0.3, 0.4) is 0 Å². The molecule has 21 heavy (non-hydrogen) atoms. The monoisotopic (exact) mass is 344 g/mol. The Hall–Kier alpha value is -1.83. The fourth-order valence-electron chi connectivity index (χ4n) is 2.01. The minimum atomic E-state index is -0.722. The lowest BCUT2D eigenvalue weighted by Crippen LogP contribution is -2.37. The van der Waals surface area contributed by atoms with Crippen LogP contribution in [0.5, 0.6) is 5.75 Å². The summed E-state index contributed by atoms with van der Waals surface area (Å²) >= 11 is 3.41. The van der Waals surface area contributed by atoms with Crippen molar-refractivity contribution in [1.82, 2.24) is 5.32 Å². The first kappa shape index (κ1) is 15.6. The van der Waals surface area contributed by atoms with Crippen molar-refractivity contribution < 1.29 is 4.74 Å². The van der Waals surface area contributed by atoms with Gasteiger partial charge in [0.1, 0.15) is 11.3 Å². The number of rotatable bonds is 5. The summed E-state index contributed by atoms with van der Waals surface area (Å²) in [4.78, 5) is 0. The molecule has 0 aliphatic heterocycles. The minimum absolute atomic E-state index is 0.615. The fraction of sp³-hybridized carbons (Fsp3) is 0.235. The van der Waals surface area contributed by atoms with Crippen LogP contribution in [0.1, 0.15) is 18.1 Å². The molecule has 108 valence electrons. The molecule has 0 heterocycles. The highest BCUT2D eigenvalue weighted by Crippen LogP contribution is 2.23. The zero-order valence-electron chi connectivity index (χ0n) is 12.1. The largest absolute Gasteiger partial charge is 0.497 e. The van der Waals surface area contributed by atoms with Gasteiger partial charge in [0.25, 0.3) is 0 Å². The van der Waals surface area contributed by atoms with E-state index in [0.29, 0.717) is 6.54 Å². The van der Waals surface area contributed by atoms with Crippen molar-refractivity contribution in [2.24, 2.45) is 0 Å². The summed E-state index contributed by atoms with van der Waals surface area (Å²) in [7, 11) is 1.65. The van der Waals surface area contributed by atoms with Gasteiger partial charge in [0, 0.05) is 11.0 Å². The Bertz CT molecular complexity index is 631. The Kier molecular flexibility index (Phi) is 5.00. The Balaban J connectivity index is 2.11. The number of nitrogens with zero attached hydrogens (tertiary/aromatic N) is 1. The van der Waals surface area contributed by atoms with Crippen molar-refractivity contribution in [2.75, 3.05) is 7.11 Å². The summed E-state index contributed by atoms with van der Waals surface area (Å²) in [5.41, 5.74) is 1.33. The van der Waals surface area contributed by atoms with Crippen molar-refractivity contribution in [3.8, 4) is 11.8 Å². The summed E-state index contributed by atoms with van der Waals surface area (Å²) in [5.74, 6) is 0.828. The molecule has 3 nitrogen and oxygen atoms in total. The van der Waals surface area contributed by atoms with Crippen LogP contribution in [0, 0.1) is 11.3 Å². The Morgan fingerprint density at radius 1 is 1.14 bits per heavy atom. The number of methoxy groups -OCH3 is 1. The van der Waals surface area contributed by atoms with Crippen LogP contribution in [0.4, 0.5) is 0 Å². The van der Waals surface area contributed by atoms with Gasteiger partial charge >= 0.3 is 0 Å². The molecule has 0 radical (unpaired) electrons. The van der Waals surface area contributed by atoms with Crippen LogP contribution in [-0.2, 0) is 12.1 Å². The molecule has 0 fully saturated rings. The average molecular weight is 345 g/mol. The first-order valence-electron chi connectivity index (χ1n) is 6.62. The Morgan fingerprint density at radius 2 is 1.76 bits per heavy atom. The van der Waals surface area contributed by atoms with Crippen LogP contribution >= 0.6 is 15.9 Å². The smallest absolute Gasteiger partial charge is 0.129 e. The molecule has 1 atom stereocenters. The molecule has 1 N–H and O–H groups in total. The molecule has 0 saturated carbocycles. The summed E-state index contributed by atoms with van der Waals surface area (Å²) in [6.45, 7) is 2.50. The van der Waals surface area contributed by atoms with Gasteiger partial charge in [0.15, 0.2) is 0 Å². The van der Waals surface area contributed by atoms with Gasteiger partial charge in [-0.25, -0.2) is 0 Å². The van der Waals surface area contributed by atoms with E-state index in [9.17, 15) is 5.26 Å². The highest BCUT2D eigenvalue weighted by Gasteiger charge is 2.25. The van der Waals surface area contributed by atoms with Crippen molar-refractivity contribution >= 4 is 15.9 Å². The van der Waals surface area contributed by atoms with Gasteiger partial charge in [-0.2, -0.15) is 5.26 Å². The SMILES string of the molecule is COc1ccc(CNC(C)(C#N)c2ccc(Br)cc2)cc1. The van der Waals surface area contributed by atoms with E-state index < -0.39 is 5.54 Å². The van der Waals surface area contributed by atoms with E-state index in [1.807, 2.05) is 55.5 Å². The molecule has 0 spiro atoms. The molecular weight excluding hydrogens is 328 g/mol. The minimum Gasteiger partial charge on any atom is -0.497 e. The molecular formula is C17H17BrN2O. The Morgan fingerprint density at radius 3 is 2.29 bits per heavy atom. The van der Waals surface area contributed by atoms with Gasteiger partial charge in [-0.1, -0.05) is 40.2 Å². The highest BCUT2D eigenvalue weighted by atomic mass is 79.9. The molecule has 0 aromatic heterocycles. The summed E-state index contributed by atoms with van der Waals surface area (Å²) in [6, 6.07) is 18.0. The van der Waals surface area contributed by atoms with Gasteiger partial charge in [-0.15, -0.1) is 0 Å². The van der Waals surface area contributed by atoms with Crippen molar-refractivity contribution in [3.05, 3.63) is 64.1 Å². The van der Waals surface area contributed by atoms with Crippen LogP contribution in [0.15, 0.2) is 53.0 Å². The molecule has 2 rings (SSSR count). The van der Waals surface area contributed by atoms with Gasteiger partial charge in [0.2, 0.25) is 0 Å². The topological polar surface area (TPSA) is 45.0 Å². The van der Waals surface area contributed by atoms with Crippen LogP contribution in [-0.4, -0.2) is 7.11 Å². The summed E-state index contributed by atoms with van der Waals surface area (Å²) in [6.07, 6.45) is 0. The number of nitriles is 1. The van der Waals surface area contributed by atoms with Crippen molar-refractivity contribution in [2.45, 2.75) is 19.0 Å². The normalized spacial score (nSPS) is 13.2. The standard InChI is InChI=1S/C17H17BrN2O/c1-17(12-19,14-5-7-15(18)8-6-14)20-11-13-3-9-16(21-2)10-4-13/h3-10,20H,11H2,1-2H3. The number of nitrogens with one attached hydrogen (secondary N) is 1. The van der Waals surface area contributed by atoms with Gasteiger partial charge in [0.05, 0.1) is 13.2 Å². The zero-order chi connectivity index (χ0) is 15.3. The molecule has 0 aliphatic rings. The molecule has 0 saturated heterocycles. The second-order valence-corrected chi connectivity index (χ2v) is 5.86. The summed E-state index contributed by atoms with van der Waals surface area (Å²) < 4.78 is 6.14. The maximum atomic E-state index is 9.52. The predicted molar refractivity (Wildman–Crippen MR) is 86.9 cm³/mol. The van der Waals surface area contributed by atoms with Crippen LogP contribution in [0.2, 0.25) is 0 Å². The van der Waals surface area contributed by atoms with Crippen LogP contribution in [0.25, 0.3) is 0 Å². The van der Waals surface area contributed by atoms with E-state index >= 15 is 0 Å². The Labute approximate surface area is 133 Å². The third kappa shape index (κ3) is 3.84. The van der Waals surface area contributed by atoms with Gasteiger partial charge in [-0.3, -0.25) is 5.32 Å². The lowest BCUT2D eigenvalue weighted by Gasteiger charge is -2.24. The zero-order valence-corrected chi connectivity index (χ0v) is 13.6. The lowest BCUT2D eigenvalue weighted by atomic mass is 9.93. The first-order chi connectivity index (χ1) is 10.1. The van der Waals surface area contributed by atoms with E-state index in [4.69, 9.17) is 4.74 Å². The first-order valence-corrected chi connectivity index (χ1v) is 7.42. The maximum Gasteiger partial charge on any atom is 0.129 e. The van der Waals surface area contributed by atoms with Crippen molar-refractivity contribution in [3.63, 3.8) is 0 Å². The molecule has 1 unspecified atom stereocenters. The van der Waals surface area contributed by atoms with Gasteiger partial charge < -0.3 is 4.74 Å². The molecule has 4 heteroatoms. The number of ether oxygens (including phenoxy) is 1. The molecule has 0 aliphatic carbocycles. The van der Waals surface area contributed by atoms with E-state index in [0.717, 1.165) is 21.3 Å². The maximum absolute atomic E-state index is 9.52. The summed E-state index contributed by atoms with van der Waals surface area (Å²) in [5, 5.41) is 12.8. The van der Waals surface area contributed by atoms with E-state index in [2.05, 4.69) is 27.3 Å². The van der Waals surface area contributed by atoms with E-state index in [1.165, 1.54) is 0 Å². The molecule has 2 aromatic rings. The number of hydrogen-bond acceptors (Lipinski definition) is 3. The second kappa shape index (κ2) is 6.75. The average Bonchev–Trinajstić information content (AvgIpc) is 2.53. The van der Waals surface area contributed by atoms with Crippen molar-refractivity contribution in [1.29, 1.82) is 5.26 Å². The third-order valence-electron chi connectivity index (χ3n) is 3.45. The number of halogens is 1. The predicted octanol–water partition coefficient (Wildman–Crippen LogP) is 3.99. The lowest BCUT2D eigenvalue weighted by molar-refractivity contribution is 0.414. The third-order valence-corrected chi connectivity index (χ3v) is 3.98. The molecule has 0 amide bonds. The number of hydrogen-bond donors (Lipinski definition) is 1. The second-order valence-electron chi connectivity index (χ2n) is 4.95. The van der Waals surface area contributed by atoms with E-state index in [1.54, 1.807) is 7.11 Å². The van der Waals surface area contributed by atoms with Crippen LogP contribution < -0.4 is 10.1 Å².